The largest absolute Gasteiger partial charge is 0.462 e. The summed E-state index contributed by atoms with van der Waals surface area (Å²) in [7, 11) is 0. The van der Waals surface area contributed by atoms with Gasteiger partial charge < -0.3 is 14.2 Å². The molecule has 0 rings (SSSR count). The predicted octanol–water partition coefficient (Wildman–Crippen LogP) is 17.2. The maximum atomic E-state index is 12.7. The van der Waals surface area contributed by atoms with E-state index < -0.39 is 6.10 Å². The van der Waals surface area contributed by atoms with E-state index in [1.54, 1.807) is 0 Å². The van der Waals surface area contributed by atoms with Crippen molar-refractivity contribution < 1.29 is 28.6 Å². The molecule has 6 heteroatoms. The molecular weight excluding hydrogens is 781 g/mol. The maximum absolute atomic E-state index is 12.7. The highest BCUT2D eigenvalue weighted by Crippen LogP contribution is 2.15. The Labute approximate surface area is 388 Å². The van der Waals surface area contributed by atoms with Crippen LogP contribution < -0.4 is 0 Å². The summed E-state index contributed by atoms with van der Waals surface area (Å²) in [5.74, 6) is -0.929. The van der Waals surface area contributed by atoms with Crippen LogP contribution >= 0.6 is 0 Å². The van der Waals surface area contributed by atoms with Gasteiger partial charge in [-0.05, 0) is 77.0 Å². The standard InChI is InChI=1S/C57H96O6/c1-4-7-10-13-16-18-20-22-24-25-26-27-28-29-30-31-32-33-34-36-37-39-41-44-47-50-56(59)62-53-54(52-61-55(58)49-46-43-15-12-9-6-3)63-57(60)51-48-45-42-40-38-35-23-21-19-17-14-11-8-5-2/h7,10,16,18,22,24,26-27,29-30,32-33,36-37,54H,4-6,8-9,11-15,17,19-21,23,25,28,31,34-35,38-53H2,1-3H3/b10-7-,18-16-,24-22-,27-26-,30-29-,33-32-,37-36-. The number of rotatable bonds is 46. The zero-order valence-electron chi connectivity index (χ0n) is 41.1. The van der Waals surface area contributed by atoms with Gasteiger partial charge in [-0.1, -0.05) is 228 Å². The lowest BCUT2D eigenvalue weighted by atomic mass is 10.0. The smallest absolute Gasteiger partial charge is 0.306 e. The molecule has 0 aliphatic rings. The molecule has 0 radical (unpaired) electrons. The Morgan fingerprint density at radius 2 is 0.619 bits per heavy atom. The molecule has 0 aliphatic carbocycles. The Morgan fingerprint density at radius 3 is 0.968 bits per heavy atom. The number of unbranched alkanes of at least 4 members (excludes halogenated alkanes) is 21. The van der Waals surface area contributed by atoms with E-state index >= 15 is 0 Å². The first kappa shape index (κ1) is 59.6. The average Bonchev–Trinajstić information content (AvgIpc) is 3.28. The first-order chi connectivity index (χ1) is 31.0. The van der Waals surface area contributed by atoms with Crippen molar-refractivity contribution in [2.75, 3.05) is 13.2 Å². The lowest BCUT2D eigenvalue weighted by Gasteiger charge is -2.18. The summed E-state index contributed by atoms with van der Waals surface area (Å²) < 4.78 is 16.7. The number of allylic oxidation sites excluding steroid dienone is 14. The number of hydrogen-bond acceptors (Lipinski definition) is 6. The van der Waals surface area contributed by atoms with Gasteiger partial charge in [-0.2, -0.15) is 0 Å². The van der Waals surface area contributed by atoms with Crippen LogP contribution in [-0.2, 0) is 28.6 Å². The summed E-state index contributed by atoms with van der Waals surface area (Å²) in [4.78, 5) is 37.7. The van der Waals surface area contributed by atoms with E-state index in [4.69, 9.17) is 14.2 Å². The Kier molecular flexibility index (Phi) is 48.5. The minimum absolute atomic E-state index is 0.0860. The van der Waals surface area contributed by atoms with Crippen molar-refractivity contribution in [1.82, 2.24) is 0 Å². The molecule has 6 nitrogen and oxygen atoms in total. The van der Waals surface area contributed by atoms with Gasteiger partial charge in [-0.3, -0.25) is 14.4 Å². The average molecular weight is 877 g/mol. The molecule has 0 saturated heterocycles. The van der Waals surface area contributed by atoms with Crippen LogP contribution in [0.15, 0.2) is 85.1 Å². The van der Waals surface area contributed by atoms with Crippen LogP contribution in [0.5, 0.6) is 0 Å². The second-order valence-electron chi connectivity index (χ2n) is 17.1. The van der Waals surface area contributed by atoms with E-state index in [1.807, 2.05) is 0 Å². The zero-order valence-corrected chi connectivity index (χ0v) is 41.1. The summed E-state index contributed by atoms with van der Waals surface area (Å²) in [5, 5.41) is 0. The van der Waals surface area contributed by atoms with Gasteiger partial charge in [0.05, 0.1) is 0 Å². The fourth-order valence-corrected chi connectivity index (χ4v) is 7.01. The van der Waals surface area contributed by atoms with Crippen LogP contribution in [0.25, 0.3) is 0 Å². The van der Waals surface area contributed by atoms with Crippen molar-refractivity contribution in [2.45, 2.75) is 245 Å². The Morgan fingerprint density at radius 1 is 0.333 bits per heavy atom. The van der Waals surface area contributed by atoms with Crippen LogP contribution in [0.4, 0.5) is 0 Å². The van der Waals surface area contributed by atoms with E-state index in [0.717, 1.165) is 109 Å². The number of carbonyl (C=O) groups excluding carboxylic acids is 3. The van der Waals surface area contributed by atoms with Crippen molar-refractivity contribution in [2.24, 2.45) is 0 Å². The molecule has 0 bridgehead atoms. The van der Waals surface area contributed by atoms with Crippen LogP contribution in [0.3, 0.4) is 0 Å². The summed E-state index contributed by atoms with van der Waals surface area (Å²) in [5.41, 5.74) is 0. The molecule has 0 aromatic rings. The molecule has 0 heterocycles. The fraction of sp³-hybridized carbons (Fsp3) is 0.702. The Bertz CT molecular complexity index is 1240. The highest BCUT2D eigenvalue weighted by molar-refractivity contribution is 5.71. The summed E-state index contributed by atoms with van der Waals surface area (Å²) in [6.45, 7) is 6.43. The van der Waals surface area contributed by atoms with Gasteiger partial charge in [-0.25, -0.2) is 0 Å². The van der Waals surface area contributed by atoms with Gasteiger partial charge in [-0.15, -0.1) is 0 Å². The molecule has 0 fully saturated rings. The van der Waals surface area contributed by atoms with E-state index in [2.05, 4.69) is 106 Å². The predicted molar refractivity (Wildman–Crippen MR) is 270 cm³/mol. The monoisotopic (exact) mass is 877 g/mol. The third-order valence-electron chi connectivity index (χ3n) is 10.9. The number of esters is 3. The van der Waals surface area contributed by atoms with Crippen molar-refractivity contribution in [3.05, 3.63) is 85.1 Å². The first-order valence-corrected chi connectivity index (χ1v) is 26.1. The molecule has 1 unspecified atom stereocenters. The minimum Gasteiger partial charge on any atom is -0.462 e. The van der Waals surface area contributed by atoms with Gasteiger partial charge >= 0.3 is 17.9 Å². The molecule has 0 spiro atoms. The normalized spacial score (nSPS) is 12.7. The molecular formula is C57H96O6. The number of hydrogen-bond donors (Lipinski definition) is 0. The maximum Gasteiger partial charge on any atom is 0.306 e. The molecule has 0 aromatic carbocycles. The highest BCUT2D eigenvalue weighted by Gasteiger charge is 2.19. The van der Waals surface area contributed by atoms with Crippen LogP contribution in [-0.4, -0.2) is 37.2 Å². The zero-order chi connectivity index (χ0) is 45.8. The second-order valence-corrected chi connectivity index (χ2v) is 17.1. The van der Waals surface area contributed by atoms with Gasteiger partial charge in [0.2, 0.25) is 0 Å². The summed E-state index contributed by atoms with van der Waals surface area (Å²) >= 11 is 0. The third kappa shape index (κ3) is 49.5. The molecule has 63 heavy (non-hydrogen) atoms. The second kappa shape index (κ2) is 51.2. The van der Waals surface area contributed by atoms with Crippen LogP contribution in [0.2, 0.25) is 0 Å². The molecule has 0 saturated carbocycles. The Balaban J connectivity index is 4.26. The molecule has 1 atom stereocenters. The summed E-state index contributed by atoms with van der Waals surface area (Å²) in [6, 6.07) is 0. The molecule has 0 N–H and O–H groups in total. The van der Waals surface area contributed by atoms with E-state index in [-0.39, 0.29) is 31.1 Å². The topological polar surface area (TPSA) is 78.9 Å². The minimum atomic E-state index is -0.784. The third-order valence-corrected chi connectivity index (χ3v) is 10.9. The van der Waals surface area contributed by atoms with Crippen molar-refractivity contribution in [3.8, 4) is 0 Å². The van der Waals surface area contributed by atoms with Gasteiger partial charge in [0, 0.05) is 19.3 Å². The van der Waals surface area contributed by atoms with E-state index in [0.29, 0.717) is 19.3 Å². The van der Waals surface area contributed by atoms with Gasteiger partial charge in [0.1, 0.15) is 13.2 Å². The van der Waals surface area contributed by atoms with E-state index in [9.17, 15) is 14.4 Å². The lowest BCUT2D eigenvalue weighted by molar-refractivity contribution is -0.167. The molecule has 0 amide bonds. The van der Waals surface area contributed by atoms with E-state index in [1.165, 1.54) is 89.9 Å². The molecule has 0 aromatic heterocycles. The lowest BCUT2D eigenvalue weighted by Crippen LogP contribution is -2.30. The van der Waals surface area contributed by atoms with Crippen LogP contribution in [0.1, 0.15) is 239 Å². The first-order valence-electron chi connectivity index (χ1n) is 26.1. The van der Waals surface area contributed by atoms with Crippen LogP contribution in [0, 0.1) is 0 Å². The SMILES string of the molecule is CC/C=C\C/C=C\C/C=C\C/C=C\C/C=C\C/C=C\C/C=C\CCCCCC(=O)OCC(COC(=O)CCCCCCCC)OC(=O)CCCCCCCCCCCCCCCC. The van der Waals surface area contributed by atoms with Crippen molar-refractivity contribution >= 4 is 17.9 Å². The molecule has 0 aliphatic heterocycles. The number of carbonyl (C=O) groups is 3. The number of ether oxygens (including phenoxy) is 3. The quantitative estimate of drug-likeness (QED) is 0.0262. The molecule has 360 valence electrons. The highest BCUT2D eigenvalue weighted by atomic mass is 16.6. The summed E-state index contributed by atoms with van der Waals surface area (Å²) in [6.07, 6.45) is 65.9. The van der Waals surface area contributed by atoms with Gasteiger partial charge in [0.25, 0.3) is 0 Å². The fourth-order valence-electron chi connectivity index (χ4n) is 7.01. The van der Waals surface area contributed by atoms with Gasteiger partial charge in [0.15, 0.2) is 6.10 Å². The Hall–Kier alpha value is -3.41. The van der Waals surface area contributed by atoms with Crippen molar-refractivity contribution in [3.63, 3.8) is 0 Å². The van der Waals surface area contributed by atoms with Crippen molar-refractivity contribution in [1.29, 1.82) is 0 Å².